The molecular weight excluding hydrogens is 396 g/mol. The summed E-state index contributed by atoms with van der Waals surface area (Å²) in [6, 6.07) is 13.7. The lowest BCUT2D eigenvalue weighted by Crippen LogP contribution is -2.28. The molecule has 0 unspecified atom stereocenters. The third kappa shape index (κ3) is 5.48. The summed E-state index contributed by atoms with van der Waals surface area (Å²) >= 11 is 5.86. The zero-order chi connectivity index (χ0) is 20.8. The molecule has 1 atom stereocenters. The Bertz CT molecular complexity index is 900. The van der Waals surface area contributed by atoms with Gasteiger partial charge in [-0.15, -0.1) is 0 Å². The fourth-order valence-electron chi connectivity index (χ4n) is 3.02. The minimum absolute atomic E-state index is 0.0436. The van der Waals surface area contributed by atoms with Gasteiger partial charge in [-0.3, -0.25) is 14.4 Å². The number of anilines is 2. The number of benzene rings is 2. The summed E-state index contributed by atoms with van der Waals surface area (Å²) in [6.45, 7) is 2.23. The molecule has 2 aromatic carbocycles. The fourth-order valence-corrected chi connectivity index (χ4v) is 3.21. The van der Waals surface area contributed by atoms with Gasteiger partial charge in [-0.2, -0.15) is 0 Å². The molecule has 1 N–H and O–H groups in total. The van der Waals surface area contributed by atoms with Crippen molar-refractivity contribution in [3.8, 4) is 5.75 Å². The lowest BCUT2D eigenvalue weighted by atomic mass is 10.1. The maximum Gasteiger partial charge on any atom is 0.311 e. The van der Waals surface area contributed by atoms with Gasteiger partial charge in [-0.1, -0.05) is 17.7 Å². The van der Waals surface area contributed by atoms with Crippen molar-refractivity contribution >= 4 is 40.8 Å². The fraction of sp³-hybridized carbons (Fsp3) is 0.286. The first-order valence-electron chi connectivity index (χ1n) is 9.21. The highest BCUT2D eigenvalue weighted by atomic mass is 35.5. The van der Waals surface area contributed by atoms with Gasteiger partial charge in [0.2, 0.25) is 5.91 Å². The summed E-state index contributed by atoms with van der Waals surface area (Å²) in [5.74, 6) is -1.13. The van der Waals surface area contributed by atoms with E-state index in [4.69, 9.17) is 21.1 Å². The van der Waals surface area contributed by atoms with Gasteiger partial charge in [-0.05, 0) is 49.4 Å². The smallest absolute Gasteiger partial charge is 0.311 e. The summed E-state index contributed by atoms with van der Waals surface area (Å²) in [7, 11) is 0. The van der Waals surface area contributed by atoms with Gasteiger partial charge in [-0.25, -0.2) is 0 Å². The number of hydrogen-bond acceptors (Lipinski definition) is 5. The average Bonchev–Trinajstić information content (AvgIpc) is 3.09. The zero-order valence-corrected chi connectivity index (χ0v) is 16.6. The zero-order valence-electron chi connectivity index (χ0n) is 15.9. The second-order valence-corrected chi connectivity index (χ2v) is 6.93. The van der Waals surface area contributed by atoms with Crippen LogP contribution in [0, 0.1) is 5.92 Å². The molecule has 0 saturated carbocycles. The van der Waals surface area contributed by atoms with E-state index in [1.165, 1.54) is 4.90 Å². The molecule has 8 heteroatoms. The first-order valence-corrected chi connectivity index (χ1v) is 9.59. The maximum absolute atomic E-state index is 12.3. The van der Waals surface area contributed by atoms with E-state index in [2.05, 4.69) is 5.32 Å². The Morgan fingerprint density at radius 2 is 1.97 bits per heavy atom. The Hall–Kier alpha value is -3.06. The number of carbonyl (C=O) groups excluding carboxylic acids is 3. The minimum atomic E-state index is -0.618. The minimum Gasteiger partial charge on any atom is -0.494 e. The van der Waals surface area contributed by atoms with Gasteiger partial charge in [0.05, 0.1) is 12.5 Å². The van der Waals surface area contributed by atoms with Crippen LogP contribution in [0.5, 0.6) is 5.75 Å². The highest BCUT2D eigenvalue weighted by molar-refractivity contribution is 6.30. The van der Waals surface area contributed by atoms with Crippen molar-refractivity contribution in [2.24, 2.45) is 5.92 Å². The van der Waals surface area contributed by atoms with Crippen LogP contribution in [-0.2, 0) is 19.1 Å². The van der Waals surface area contributed by atoms with Crippen molar-refractivity contribution in [2.45, 2.75) is 13.3 Å². The van der Waals surface area contributed by atoms with Crippen LogP contribution < -0.4 is 15.0 Å². The molecule has 2 aromatic rings. The van der Waals surface area contributed by atoms with Gasteiger partial charge in [0, 0.05) is 29.4 Å². The molecule has 1 fully saturated rings. The number of ether oxygens (including phenoxy) is 2. The van der Waals surface area contributed by atoms with E-state index >= 15 is 0 Å². The Morgan fingerprint density at radius 1 is 1.21 bits per heavy atom. The van der Waals surface area contributed by atoms with Gasteiger partial charge in [0.25, 0.3) is 5.91 Å². The lowest BCUT2D eigenvalue weighted by molar-refractivity contribution is -0.151. The van der Waals surface area contributed by atoms with Gasteiger partial charge in [0.1, 0.15) is 5.75 Å². The Labute approximate surface area is 173 Å². The van der Waals surface area contributed by atoms with Gasteiger partial charge in [0.15, 0.2) is 6.61 Å². The number of carbonyl (C=O) groups is 3. The molecule has 0 radical (unpaired) electrons. The standard InChI is InChI=1S/C21H21ClN2O5/c1-2-28-18-8-6-17(7-9-18)24-12-14(10-20(24)26)21(27)29-13-19(25)23-16-5-3-4-15(22)11-16/h3-9,11,14H,2,10,12-13H2,1H3,(H,23,25)/t14-/m1/s1. The predicted molar refractivity (Wildman–Crippen MR) is 109 cm³/mol. The lowest BCUT2D eigenvalue weighted by Gasteiger charge is -2.17. The highest BCUT2D eigenvalue weighted by Gasteiger charge is 2.36. The number of nitrogens with one attached hydrogen (secondary N) is 1. The predicted octanol–water partition coefficient (Wildman–Crippen LogP) is 3.27. The molecule has 2 amide bonds. The van der Waals surface area contributed by atoms with E-state index < -0.39 is 24.4 Å². The molecule has 152 valence electrons. The number of halogens is 1. The van der Waals surface area contributed by atoms with Crippen LogP contribution in [0.2, 0.25) is 5.02 Å². The number of nitrogens with zero attached hydrogens (tertiary/aromatic N) is 1. The van der Waals surface area contributed by atoms with Crippen LogP contribution >= 0.6 is 11.6 Å². The third-order valence-corrected chi connectivity index (χ3v) is 4.61. The van der Waals surface area contributed by atoms with Crippen molar-refractivity contribution in [3.05, 3.63) is 53.6 Å². The van der Waals surface area contributed by atoms with Crippen LogP contribution in [0.25, 0.3) is 0 Å². The summed E-state index contributed by atoms with van der Waals surface area (Å²) in [5.41, 5.74) is 1.20. The van der Waals surface area contributed by atoms with Crippen LogP contribution in [0.3, 0.4) is 0 Å². The van der Waals surface area contributed by atoms with Crippen molar-refractivity contribution in [1.82, 2.24) is 0 Å². The van der Waals surface area contributed by atoms with Gasteiger partial charge >= 0.3 is 5.97 Å². The number of esters is 1. The van der Waals surface area contributed by atoms with E-state index in [-0.39, 0.29) is 18.9 Å². The van der Waals surface area contributed by atoms with E-state index in [0.29, 0.717) is 28.8 Å². The molecule has 1 heterocycles. The summed E-state index contributed by atoms with van der Waals surface area (Å²) in [5, 5.41) is 3.08. The Kier molecular flexibility index (Phi) is 6.72. The third-order valence-electron chi connectivity index (χ3n) is 4.37. The Balaban J connectivity index is 1.51. The van der Waals surface area contributed by atoms with Crippen molar-refractivity contribution in [3.63, 3.8) is 0 Å². The van der Waals surface area contributed by atoms with E-state index in [1.54, 1.807) is 48.5 Å². The van der Waals surface area contributed by atoms with Crippen LogP contribution in [0.4, 0.5) is 11.4 Å². The molecule has 7 nitrogen and oxygen atoms in total. The van der Waals surface area contributed by atoms with E-state index in [1.807, 2.05) is 6.92 Å². The average molecular weight is 417 g/mol. The largest absolute Gasteiger partial charge is 0.494 e. The molecular formula is C21H21ClN2O5. The SMILES string of the molecule is CCOc1ccc(N2C[C@H](C(=O)OCC(=O)Nc3cccc(Cl)c3)CC2=O)cc1. The first-order chi connectivity index (χ1) is 14.0. The molecule has 1 saturated heterocycles. The summed E-state index contributed by atoms with van der Waals surface area (Å²) < 4.78 is 10.5. The molecule has 0 spiro atoms. The number of amides is 2. The molecule has 0 aromatic heterocycles. The van der Waals surface area contributed by atoms with Gasteiger partial charge < -0.3 is 19.7 Å². The first kappa shape index (κ1) is 20.7. The second-order valence-electron chi connectivity index (χ2n) is 6.50. The van der Waals surface area contributed by atoms with Crippen LogP contribution in [0.1, 0.15) is 13.3 Å². The molecule has 1 aliphatic heterocycles. The second kappa shape index (κ2) is 9.43. The number of hydrogen-bond donors (Lipinski definition) is 1. The van der Waals surface area contributed by atoms with Crippen molar-refractivity contribution < 1.29 is 23.9 Å². The molecule has 29 heavy (non-hydrogen) atoms. The van der Waals surface area contributed by atoms with Crippen LogP contribution in [-0.4, -0.2) is 37.5 Å². The van der Waals surface area contributed by atoms with Crippen molar-refractivity contribution in [2.75, 3.05) is 30.0 Å². The summed E-state index contributed by atoms with van der Waals surface area (Å²) in [4.78, 5) is 38.1. The quantitative estimate of drug-likeness (QED) is 0.700. The van der Waals surface area contributed by atoms with Crippen molar-refractivity contribution in [1.29, 1.82) is 0 Å². The summed E-state index contributed by atoms with van der Waals surface area (Å²) in [6.07, 6.45) is 0.0436. The van der Waals surface area contributed by atoms with E-state index in [9.17, 15) is 14.4 Å². The molecule has 1 aliphatic rings. The molecule has 0 bridgehead atoms. The molecule has 3 rings (SSSR count). The number of rotatable bonds is 7. The monoisotopic (exact) mass is 416 g/mol. The highest BCUT2D eigenvalue weighted by Crippen LogP contribution is 2.27. The topological polar surface area (TPSA) is 84.9 Å². The van der Waals surface area contributed by atoms with Crippen LogP contribution in [0.15, 0.2) is 48.5 Å². The maximum atomic E-state index is 12.3. The molecule has 0 aliphatic carbocycles. The van der Waals surface area contributed by atoms with E-state index in [0.717, 1.165) is 0 Å². The normalized spacial score (nSPS) is 15.9. The Morgan fingerprint density at radius 3 is 2.66 bits per heavy atom.